The number of rotatable bonds is 7. The summed E-state index contributed by atoms with van der Waals surface area (Å²) in [7, 11) is 0. The van der Waals surface area contributed by atoms with E-state index in [1.54, 1.807) is 0 Å². The largest absolute Gasteiger partial charge is 0.349 e. The van der Waals surface area contributed by atoms with Crippen molar-refractivity contribution in [3.63, 3.8) is 0 Å². The van der Waals surface area contributed by atoms with Gasteiger partial charge in [-0.1, -0.05) is 92.7 Å². The van der Waals surface area contributed by atoms with Gasteiger partial charge in [-0.3, -0.25) is 4.79 Å². The first-order valence-corrected chi connectivity index (χ1v) is 11.0. The van der Waals surface area contributed by atoms with Crippen molar-refractivity contribution in [2.24, 2.45) is 0 Å². The molecule has 0 aliphatic carbocycles. The van der Waals surface area contributed by atoms with E-state index in [0.29, 0.717) is 6.42 Å². The summed E-state index contributed by atoms with van der Waals surface area (Å²) in [6.07, 6.45) is 2.01. The first-order valence-electron chi connectivity index (χ1n) is 11.0. The van der Waals surface area contributed by atoms with E-state index in [0.717, 1.165) is 51.7 Å². The maximum atomic E-state index is 13.2. The third kappa shape index (κ3) is 4.51. The molecule has 156 valence electrons. The zero-order chi connectivity index (χ0) is 21.6. The average molecular weight is 409 g/mol. The molecule has 3 aromatic carbocycles. The fraction of sp³-hybridized carbons (Fsp3) is 0.214. The van der Waals surface area contributed by atoms with E-state index in [1.165, 1.54) is 0 Å². The second kappa shape index (κ2) is 9.57. The molecule has 0 spiro atoms. The predicted octanol–water partition coefficient (Wildman–Crippen LogP) is 6.27. The lowest BCUT2D eigenvalue weighted by Gasteiger charge is -2.20. The van der Waals surface area contributed by atoms with E-state index < -0.39 is 0 Å². The summed E-state index contributed by atoms with van der Waals surface area (Å²) in [4.78, 5) is 18.2. The molecule has 0 aliphatic heterocycles. The van der Waals surface area contributed by atoms with Gasteiger partial charge in [0.1, 0.15) is 0 Å². The van der Waals surface area contributed by atoms with Crippen LogP contribution in [0.1, 0.15) is 43.0 Å². The molecule has 1 atom stereocenters. The summed E-state index contributed by atoms with van der Waals surface area (Å²) in [5, 5.41) is 4.30. The van der Waals surface area contributed by atoms with Gasteiger partial charge in [0, 0.05) is 10.9 Å². The second-order valence-corrected chi connectivity index (χ2v) is 7.77. The zero-order valence-corrected chi connectivity index (χ0v) is 18.1. The van der Waals surface area contributed by atoms with Gasteiger partial charge >= 0.3 is 0 Å². The van der Waals surface area contributed by atoms with Crippen LogP contribution in [0.4, 0.5) is 0 Å². The van der Waals surface area contributed by atoms with Crippen molar-refractivity contribution >= 4 is 16.8 Å². The Morgan fingerprint density at radius 3 is 2.16 bits per heavy atom. The van der Waals surface area contributed by atoms with Gasteiger partial charge in [-0.25, -0.2) is 4.98 Å². The lowest BCUT2D eigenvalue weighted by molar-refractivity contribution is -0.121. The molecule has 0 saturated carbocycles. The molecule has 0 bridgehead atoms. The summed E-state index contributed by atoms with van der Waals surface area (Å²) < 4.78 is 0. The summed E-state index contributed by atoms with van der Waals surface area (Å²) in [5.74, 6) is 0.0424. The lowest BCUT2D eigenvalue weighted by Crippen LogP contribution is -2.30. The van der Waals surface area contributed by atoms with Crippen molar-refractivity contribution in [2.45, 2.75) is 39.2 Å². The maximum absolute atomic E-state index is 13.2. The fourth-order valence-electron chi connectivity index (χ4n) is 4.25. The Kier molecular flexibility index (Phi) is 6.42. The molecule has 3 heteroatoms. The third-order valence-electron chi connectivity index (χ3n) is 5.80. The van der Waals surface area contributed by atoms with Gasteiger partial charge < -0.3 is 5.32 Å². The minimum absolute atomic E-state index is 0.0143. The summed E-state index contributed by atoms with van der Waals surface area (Å²) >= 11 is 0. The van der Waals surface area contributed by atoms with Crippen LogP contribution in [0.25, 0.3) is 22.2 Å². The van der Waals surface area contributed by atoms with Gasteiger partial charge in [-0.05, 0) is 35.6 Å². The Morgan fingerprint density at radius 2 is 1.48 bits per heavy atom. The van der Waals surface area contributed by atoms with Crippen LogP contribution >= 0.6 is 0 Å². The molecule has 4 rings (SSSR count). The van der Waals surface area contributed by atoms with Gasteiger partial charge in [0.25, 0.3) is 0 Å². The number of amides is 1. The van der Waals surface area contributed by atoms with Crippen molar-refractivity contribution in [3.05, 3.63) is 102 Å². The van der Waals surface area contributed by atoms with Crippen LogP contribution < -0.4 is 5.32 Å². The van der Waals surface area contributed by atoms with E-state index >= 15 is 0 Å². The van der Waals surface area contributed by atoms with E-state index in [-0.39, 0.29) is 11.9 Å². The number of hydrogen-bond donors (Lipinski definition) is 1. The maximum Gasteiger partial charge on any atom is 0.224 e. The number of nitrogens with zero attached hydrogens (tertiary/aromatic N) is 1. The zero-order valence-electron chi connectivity index (χ0n) is 18.1. The van der Waals surface area contributed by atoms with Crippen LogP contribution in [0.3, 0.4) is 0 Å². The van der Waals surface area contributed by atoms with Crippen molar-refractivity contribution in [3.8, 4) is 11.3 Å². The van der Waals surface area contributed by atoms with Crippen LogP contribution in [-0.2, 0) is 17.6 Å². The van der Waals surface area contributed by atoms with Crippen LogP contribution in [0.5, 0.6) is 0 Å². The van der Waals surface area contributed by atoms with Gasteiger partial charge in [-0.2, -0.15) is 0 Å². The number of para-hydroxylation sites is 1. The molecular weight excluding hydrogens is 380 g/mol. The van der Waals surface area contributed by atoms with E-state index in [1.807, 2.05) is 54.6 Å². The molecule has 1 N–H and O–H groups in total. The summed E-state index contributed by atoms with van der Waals surface area (Å²) in [6.45, 7) is 4.24. The Labute approximate surface area is 184 Å². The smallest absolute Gasteiger partial charge is 0.224 e. The molecule has 0 unspecified atom stereocenters. The van der Waals surface area contributed by atoms with E-state index in [2.05, 4.69) is 49.5 Å². The molecule has 0 radical (unpaired) electrons. The van der Waals surface area contributed by atoms with Crippen LogP contribution in [-0.4, -0.2) is 10.9 Å². The van der Waals surface area contributed by atoms with Crippen LogP contribution in [0.15, 0.2) is 84.9 Å². The van der Waals surface area contributed by atoms with Crippen molar-refractivity contribution in [1.82, 2.24) is 10.3 Å². The number of carbonyl (C=O) groups excluding carboxylic acids is 1. The highest BCUT2D eigenvalue weighted by molar-refractivity contribution is 5.92. The molecule has 1 amide bonds. The van der Waals surface area contributed by atoms with Gasteiger partial charge in [0.15, 0.2) is 0 Å². The number of pyridine rings is 1. The van der Waals surface area contributed by atoms with E-state index in [4.69, 9.17) is 4.98 Å². The molecule has 1 heterocycles. The Bertz CT molecular complexity index is 1170. The van der Waals surface area contributed by atoms with Crippen molar-refractivity contribution in [2.75, 3.05) is 0 Å². The van der Waals surface area contributed by atoms with Gasteiger partial charge in [-0.15, -0.1) is 0 Å². The average Bonchev–Trinajstić information content (AvgIpc) is 2.83. The first kappa shape index (κ1) is 20.8. The van der Waals surface area contributed by atoms with Crippen LogP contribution in [0.2, 0.25) is 0 Å². The number of fused-ring (bicyclic) bond motifs is 1. The molecular formula is C28H28N2O. The molecule has 0 fully saturated rings. The number of nitrogens with one attached hydrogen (secondary N) is 1. The fourth-order valence-corrected chi connectivity index (χ4v) is 4.25. The Hall–Kier alpha value is -3.46. The number of benzene rings is 3. The normalized spacial score (nSPS) is 11.9. The van der Waals surface area contributed by atoms with Crippen molar-refractivity contribution < 1.29 is 4.79 Å². The minimum Gasteiger partial charge on any atom is -0.349 e. The van der Waals surface area contributed by atoms with Crippen molar-refractivity contribution in [1.29, 1.82) is 0 Å². The molecule has 4 aromatic rings. The highest BCUT2D eigenvalue weighted by Gasteiger charge is 2.19. The number of carbonyl (C=O) groups is 1. The molecule has 0 aliphatic rings. The molecule has 1 aromatic heterocycles. The molecule has 0 saturated heterocycles. The quantitative estimate of drug-likeness (QED) is 0.391. The third-order valence-corrected chi connectivity index (χ3v) is 5.80. The monoisotopic (exact) mass is 408 g/mol. The highest BCUT2D eigenvalue weighted by atomic mass is 16.1. The molecule has 3 nitrogen and oxygen atoms in total. The minimum atomic E-state index is 0.0143. The number of aromatic nitrogens is 1. The topological polar surface area (TPSA) is 42.0 Å². The van der Waals surface area contributed by atoms with Crippen LogP contribution in [0, 0.1) is 0 Å². The van der Waals surface area contributed by atoms with Gasteiger partial charge in [0.05, 0.1) is 23.7 Å². The van der Waals surface area contributed by atoms with Gasteiger partial charge in [0.2, 0.25) is 5.91 Å². The standard InChI is InChI=1S/C28H28N2O/c1-3-22-24(19-27(31)29-25(4-2)20-13-7-5-8-14-20)23-17-11-12-18-26(23)30-28(22)21-15-9-6-10-16-21/h5-18,25H,3-4,19H2,1-2H3,(H,29,31)/t25-/m0/s1. The second-order valence-electron chi connectivity index (χ2n) is 7.77. The SMILES string of the molecule is CCc1c(-c2ccccc2)nc2ccccc2c1CC(=O)N[C@@H](CC)c1ccccc1. The first-order chi connectivity index (χ1) is 15.2. The summed E-state index contributed by atoms with van der Waals surface area (Å²) in [6, 6.07) is 28.6. The summed E-state index contributed by atoms with van der Waals surface area (Å²) in [5.41, 5.74) is 6.34. The predicted molar refractivity (Wildman–Crippen MR) is 128 cm³/mol. The Balaban J connectivity index is 1.73. The Morgan fingerprint density at radius 1 is 0.839 bits per heavy atom. The molecule has 31 heavy (non-hydrogen) atoms. The van der Waals surface area contributed by atoms with E-state index in [9.17, 15) is 4.79 Å². The highest BCUT2D eigenvalue weighted by Crippen LogP contribution is 2.31. The lowest BCUT2D eigenvalue weighted by atomic mass is 9.93. The number of hydrogen-bond acceptors (Lipinski definition) is 2.